The molecule has 11 heteroatoms. The van der Waals surface area contributed by atoms with Gasteiger partial charge in [0.05, 0.1) is 12.3 Å². The molecule has 2 aromatic heterocycles. The fourth-order valence-corrected chi connectivity index (χ4v) is 1.61. The Bertz CT molecular complexity index is 773. The van der Waals surface area contributed by atoms with Gasteiger partial charge in [-0.15, -0.1) is 0 Å². The van der Waals surface area contributed by atoms with Crippen LogP contribution < -0.4 is 5.32 Å². The van der Waals surface area contributed by atoms with Crippen LogP contribution in [0, 0.1) is 17.0 Å². The van der Waals surface area contributed by atoms with E-state index in [0.717, 1.165) is 17.3 Å². The van der Waals surface area contributed by atoms with Crippen molar-refractivity contribution in [2.24, 2.45) is 5.10 Å². The summed E-state index contributed by atoms with van der Waals surface area (Å²) in [5.41, 5.74) is 1.21. The lowest BCUT2D eigenvalue weighted by Gasteiger charge is -2.02. The standard InChI is InChI=1S/C8H6N4O5.C6H7N.H2O/c13-6-4-11(8(14)10-6)9-3-5-1-2-7(17-5)12(15)16;1-6-3-2-4-7-5-6;/h1-3H,4H2,(H,10,13,14);2-5H,1H3;1H2/b9-3+;;. The summed E-state index contributed by atoms with van der Waals surface area (Å²) in [6.07, 6.45) is 4.72. The molecule has 0 saturated carbocycles. The Labute approximate surface area is 141 Å². The molecule has 1 aliphatic heterocycles. The first-order valence-corrected chi connectivity index (χ1v) is 6.72. The molecule has 3 heterocycles. The van der Waals surface area contributed by atoms with Gasteiger partial charge >= 0.3 is 11.9 Å². The fourth-order valence-electron chi connectivity index (χ4n) is 1.61. The number of rotatable bonds is 3. The number of hydrogen-bond acceptors (Lipinski definition) is 7. The molecule has 25 heavy (non-hydrogen) atoms. The molecule has 0 radical (unpaired) electrons. The summed E-state index contributed by atoms with van der Waals surface area (Å²) in [7, 11) is 0. The average Bonchev–Trinajstić information content (AvgIpc) is 3.13. The number of urea groups is 1. The molecule has 3 N–H and O–H groups in total. The Morgan fingerprint density at radius 1 is 1.40 bits per heavy atom. The second-order valence-electron chi connectivity index (χ2n) is 4.62. The summed E-state index contributed by atoms with van der Waals surface area (Å²) in [5, 5.41) is 16.9. The maximum absolute atomic E-state index is 11.1. The molecule has 1 saturated heterocycles. The van der Waals surface area contributed by atoms with Gasteiger partial charge in [-0.1, -0.05) is 6.07 Å². The van der Waals surface area contributed by atoms with Crippen molar-refractivity contribution in [1.29, 1.82) is 0 Å². The number of hydrazone groups is 1. The van der Waals surface area contributed by atoms with Crippen molar-refractivity contribution < 1.29 is 24.4 Å². The van der Waals surface area contributed by atoms with Gasteiger partial charge in [-0.2, -0.15) is 5.10 Å². The van der Waals surface area contributed by atoms with E-state index < -0.39 is 22.7 Å². The first-order chi connectivity index (χ1) is 11.5. The molecule has 0 spiro atoms. The lowest BCUT2D eigenvalue weighted by molar-refractivity contribution is -0.402. The Hall–Kier alpha value is -3.60. The number of amides is 3. The molecule has 3 amide bonds. The molecular weight excluding hydrogens is 334 g/mol. The van der Waals surface area contributed by atoms with E-state index in [9.17, 15) is 19.7 Å². The van der Waals surface area contributed by atoms with Crippen molar-refractivity contribution in [3.8, 4) is 0 Å². The quantitative estimate of drug-likeness (QED) is 0.370. The van der Waals surface area contributed by atoms with Crippen LogP contribution in [0.5, 0.6) is 0 Å². The Morgan fingerprint density at radius 2 is 2.16 bits per heavy atom. The zero-order valence-corrected chi connectivity index (χ0v) is 13.1. The molecular formula is C14H15N5O6. The molecule has 0 atom stereocenters. The number of nitrogens with zero attached hydrogens (tertiary/aromatic N) is 4. The zero-order valence-electron chi connectivity index (χ0n) is 13.1. The fraction of sp³-hybridized carbons (Fsp3) is 0.143. The van der Waals surface area contributed by atoms with Crippen LogP contribution in [0.1, 0.15) is 11.3 Å². The van der Waals surface area contributed by atoms with Crippen LogP contribution in [0.2, 0.25) is 0 Å². The van der Waals surface area contributed by atoms with Gasteiger partial charge in [0.25, 0.3) is 0 Å². The highest BCUT2D eigenvalue weighted by atomic mass is 16.6. The summed E-state index contributed by atoms with van der Waals surface area (Å²) in [6, 6.07) is 5.79. The lowest BCUT2D eigenvalue weighted by Crippen LogP contribution is -2.24. The van der Waals surface area contributed by atoms with E-state index in [1.807, 2.05) is 30.6 Å². The van der Waals surface area contributed by atoms with E-state index in [0.29, 0.717) is 0 Å². The molecule has 132 valence electrons. The lowest BCUT2D eigenvalue weighted by atomic mass is 10.3. The molecule has 0 bridgehead atoms. The summed E-state index contributed by atoms with van der Waals surface area (Å²) in [6.45, 7) is 1.84. The topological polar surface area (TPSA) is 162 Å². The van der Waals surface area contributed by atoms with Crippen LogP contribution in [0.3, 0.4) is 0 Å². The normalized spacial score (nSPS) is 13.1. The zero-order chi connectivity index (χ0) is 17.5. The predicted molar refractivity (Wildman–Crippen MR) is 85.8 cm³/mol. The Balaban J connectivity index is 0.000000330. The molecule has 11 nitrogen and oxygen atoms in total. The highest BCUT2D eigenvalue weighted by Crippen LogP contribution is 2.14. The van der Waals surface area contributed by atoms with Crippen molar-refractivity contribution in [2.75, 3.05) is 6.54 Å². The number of imide groups is 1. The molecule has 0 aliphatic carbocycles. The minimum Gasteiger partial charge on any atom is -0.412 e. The van der Waals surface area contributed by atoms with Gasteiger partial charge in [-0.3, -0.25) is 25.2 Å². The molecule has 3 rings (SSSR count). The summed E-state index contributed by atoms with van der Waals surface area (Å²) in [4.78, 5) is 35.4. The van der Waals surface area contributed by atoms with Crippen molar-refractivity contribution in [1.82, 2.24) is 15.3 Å². The van der Waals surface area contributed by atoms with Crippen LogP contribution in [0.4, 0.5) is 10.7 Å². The number of aryl methyl sites for hydroxylation is 1. The average molecular weight is 349 g/mol. The van der Waals surface area contributed by atoms with Gasteiger partial charge in [0.1, 0.15) is 11.5 Å². The summed E-state index contributed by atoms with van der Waals surface area (Å²) < 4.78 is 4.78. The summed E-state index contributed by atoms with van der Waals surface area (Å²) >= 11 is 0. The van der Waals surface area contributed by atoms with E-state index >= 15 is 0 Å². The number of hydrogen-bond donors (Lipinski definition) is 1. The molecule has 0 aromatic carbocycles. The second-order valence-corrected chi connectivity index (χ2v) is 4.62. The van der Waals surface area contributed by atoms with Crippen LogP contribution in [0.15, 0.2) is 46.2 Å². The Kier molecular flexibility index (Phi) is 6.91. The monoisotopic (exact) mass is 349 g/mol. The Morgan fingerprint density at radius 3 is 2.60 bits per heavy atom. The van der Waals surface area contributed by atoms with Crippen LogP contribution in [0.25, 0.3) is 0 Å². The number of pyridine rings is 1. The maximum Gasteiger partial charge on any atom is 0.433 e. The first kappa shape index (κ1) is 19.4. The summed E-state index contributed by atoms with van der Waals surface area (Å²) in [5.74, 6) is -0.769. The van der Waals surface area contributed by atoms with E-state index in [4.69, 9.17) is 4.42 Å². The molecule has 2 aromatic rings. The third-order valence-corrected chi connectivity index (χ3v) is 2.70. The number of carbonyl (C=O) groups excluding carboxylic acids is 2. The van der Waals surface area contributed by atoms with Gasteiger partial charge in [0.2, 0.25) is 5.91 Å². The van der Waals surface area contributed by atoms with E-state index in [1.54, 1.807) is 6.20 Å². The van der Waals surface area contributed by atoms with Crippen molar-refractivity contribution >= 4 is 24.0 Å². The van der Waals surface area contributed by atoms with Gasteiger partial charge in [-0.05, 0) is 24.6 Å². The largest absolute Gasteiger partial charge is 0.433 e. The molecule has 1 fully saturated rings. The van der Waals surface area contributed by atoms with E-state index in [-0.39, 0.29) is 17.8 Å². The van der Waals surface area contributed by atoms with Gasteiger partial charge in [-0.25, -0.2) is 9.80 Å². The van der Waals surface area contributed by atoms with Crippen molar-refractivity contribution in [2.45, 2.75) is 6.92 Å². The number of nitrogens with one attached hydrogen (secondary N) is 1. The van der Waals surface area contributed by atoms with E-state index in [2.05, 4.69) is 10.1 Å². The van der Waals surface area contributed by atoms with Gasteiger partial charge in [0, 0.05) is 12.4 Å². The third-order valence-electron chi connectivity index (χ3n) is 2.70. The molecule has 1 aliphatic rings. The van der Waals surface area contributed by atoms with Gasteiger partial charge in [0.15, 0.2) is 5.76 Å². The number of aromatic nitrogens is 1. The smallest absolute Gasteiger partial charge is 0.412 e. The number of nitro groups is 1. The van der Waals surface area contributed by atoms with Crippen molar-refractivity contribution in [3.63, 3.8) is 0 Å². The highest BCUT2D eigenvalue weighted by Gasteiger charge is 2.26. The highest BCUT2D eigenvalue weighted by molar-refractivity contribution is 6.02. The van der Waals surface area contributed by atoms with Crippen molar-refractivity contribution in [3.05, 3.63) is 58.1 Å². The second kappa shape index (κ2) is 8.88. The number of furan rings is 1. The minimum atomic E-state index is -0.691. The van der Waals surface area contributed by atoms with Crippen LogP contribution in [-0.2, 0) is 4.79 Å². The SMILES string of the molecule is Cc1cccnc1.O.O=C1CN(/N=C/c2ccc([N+](=O)[O-])o2)C(=O)N1. The molecule has 0 unspecified atom stereocenters. The number of carbonyl (C=O) groups is 2. The predicted octanol–water partition coefficient (Wildman–Crippen LogP) is 0.639. The van der Waals surface area contributed by atoms with Gasteiger partial charge < -0.3 is 9.89 Å². The van der Waals surface area contributed by atoms with E-state index in [1.165, 1.54) is 11.6 Å². The first-order valence-electron chi connectivity index (χ1n) is 6.72. The third kappa shape index (κ3) is 5.84. The minimum absolute atomic E-state index is 0. The maximum atomic E-state index is 11.1. The van der Waals surface area contributed by atoms with Crippen LogP contribution in [-0.4, -0.2) is 45.1 Å². The van der Waals surface area contributed by atoms with Crippen LogP contribution >= 0.6 is 0 Å².